The number of rotatable bonds is 3. The van der Waals surface area contributed by atoms with E-state index in [1.807, 2.05) is 6.92 Å². The van der Waals surface area contributed by atoms with Crippen LogP contribution >= 0.6 is 0 Å². The van der Waals surface area contributed by atoms with Gasteiger partial charge in [0.2, 0.25) is 0 Å². The number of hydrogen-bond acceptors (Lipinski definition) is 2. The number of carbonyl (C=O) groups excluding carboxylic acids is 1. The highest BCUT2D eigenvalue weighted by atomic mass is 16.1. The van der Waals surface area contributed by atoms with Crippen molar-refractivity contribution in [3.63, 3.8) is 0 Å². The Bertz CT molecular complexity index is 52.0. The van der Waals surface area contributed by atoms with E-state index in [4.69, 9.17) is 5.73 Å². The minimum atomic E-state index is 0.171. The Hall–Kier alpha value is -0.370. The van der Waals surface area contributed by atoms with Crippen molar-refractivity contribution in [2.75, 3.05) is 0 Å². The highest BCUT2D eigenvalue weighted by Gasteiger charge is 1.89. The van der Waals surface area contributed by atoms with Crippen LogP contribution < -0.4 is 5.73 Å². The quantitative estimate of drug-likeness (QED) is 0.520. The summed E-state index contributed by atoms with van der Waals surface area (Å²) in [5.41, 5.74) is 5.32. The van der Waals surface area contributed by atoms with Gasteiger partial charge in [-0.25, -0.2) is 0 Å². The molecule has 0 saturated carbocycles. The molecule has 0 aromatic rings. The average molecular weight is 101 g/mol. The molecule has 1 unspecified atom stereocenters. The van der Waals surface area contributed by atoms with Crippen LogP contribution in [0.25, 0.3) is 0 Å². The van der Waals surface area contributed by atoms with E-state index in [0.29, 0.717) is 6.42 Å². The van der Waals surface area contributed by atoms with E-state index in [2.05, 4.69) is 0 Å². The van der Waals surface area contributed by atoms with Gasteiger partial charge in [0.25, 0.3) is 0 Å². The summed E-state index contributed by atoms with van der Waals surface area (Å²) < 4.78 is 0. The van der Waals surface area contributed by atoms with Crippen molar-refractivity contribution in [2.45, 2.75) is 25.8 Å². The highest BCUT2D eigenvalue weighted by Crippen LogP contribution is 1.87. The van der Waals surface area contributed by atoms with Gasteiger partial charge >= 0.3 is 0 Å². The summed E-state index contributed by atoms with van der Waals surface area (Å²) in [7, 11) is 0. The van der Waals surface area contributed by atoms with Gasteiger partial charge in [-0.15, -0.1) is 0 Å². The van der Waals surface area contributed by atoms with Crippen molar-refractivity contribution in [1.29, 1.82) is 0 Å². The highest BCUT2D eigenvalue weighted by molar-refractivity contribution is 5.49. The Morgan fingerprint density at radius 1 is 1.86 bits per heavy atom. The van der Waals surface area contributed by atoms with Gasteiger partial charge in [-0.3, -0.25) is 0 Å². The minimum absolute atomic E-state index is 0.171. The second kappa shape index (κ2) is 3.81. The van der Waals surface area contributed by atoms with E-state index in [1.54, 1.807) is 0 Å². The Labute approximate surface area is 43.7 Å². The number of hydrogen-bond donors (Lipinski definition) is 1. The molecule has 0 aromatic heterocycles. The van der Waals surface area contributed by atoms with E-state index in [0.717, 1.165) is 12.7 Å². The SMILES string of the molecule is CC(N)CCC=O. The Morgan fingerprint density at radius 3 is 2.57 bits per heavy atom. The molecule has 0 fully saturated rings. The van der Waals surface area contributed by atoms with Crippen molar-refractivity contribution in [3.05, 3.63) is 0 Å². The molecule has 0 aromatic carbocycles. The lowest BCUT2D eigenvalue weighted by Gasteiger charge is -1.96. The van der Waals surface area contributed by atoms with Crippen LogP contribution in [0.15, 0.2) is 0 Å². The van der Waals surface area contributed by atoms with E-state index in [1.165, 1.54) is 0 Å². The molecule has 0 rings (SSSR count). The van der Waals surface area contributed by atoms with Crippen molar-refractivity contribution in [2.24, 2.45) is 5.73 Å². The van der Waals surface area contributed by atoms with Crippen LogP contribution in [-0.4, -0.2) is 12.3 Å². The summed E-state index contributed by atoms with van der Waals surface area (Å²) in [5, 5.41) is 0. The lowest BCUT2D eigenvalue weighted by molar-refractivity contribution is -0.108. The van der Waals surface area contributed by atoms with Crippen LogP contribution in [0.4, 0.5) is 0 Å². The molecule has 7 heavy (non-hydrogen) atoms. The predicted molar refractivity (Wildman–Crippen MR) is 28.9 cm³/mol. The van der Waals surface area contributed by atoms with Gasteiger partial charge in [0, 0.05) is 12.5 Å². The Balaban J connectivity index is 2.81. The van der Waals surface area contributed by atoms with Crippen LogP contribution in [-0.2, 0) is 4.79 Å². The summed E-state index contributed by atoms with van der Waals surface area (Å²) >= 11 is 0. The largest absolute Gasteiger partial charge is 0.328 e. The second-order valence-electron chi connectivity index (χ2n) is 1.72. The molecule has 0 aliphatic carbocycles. The summed E-state index contributed by atoms with van der Waals surface area (Å²) in [6.45, 7) is 1.89. The summed E-state index contributed by atoms with van der Waals surface area (Å²) in [6, 6.07) is 0.171. The number of aldehydes is 1. The zero-order chi connectivity index (χ0) is 5.70. The first-order valence-electron chi connectivity index (χ1n) is 2.46. The third-order valence-corrected chi connectivity index (χ3v) is 0.740. The smallest absolute Gasteiger partial charge is 0.120 e. The lowest BCUT2D eigenvalue weighted by Crippen LogP contribution is -2.13. The molecule has 0 amide bonds. The monoisotopic (exact) mass is 101 g/mol. The third kappa shape index (κ3) is 5.63. The fourth-order valence-electron chi connectivity index (χ4n) is 0.331. The van der Waals surface area contributed by atoms with Crippen LogP contribution in [0.5, 0.6) is 0 Å². The molecule has 0 spiro atoms. The van der Waals surface area contributed by atoms with Crippen molar-refractivity contribution < 1.29 is 4.79 Å². The maximum atomic E-state index is 9.65. The first-order valence-corrected chi connectivity index (χ1v) is 2.46. The van der Waals surface area contributed by atoms with Crippen molar-refractivity contribution in [3.8, 4) is 0 Å². The Morgan fingerprint density at radius 2 is 2.43 bits per heavy atom. The molecule has 0 bridgehead atoms. The third-order valence-electron chi connectivity index (χ3n) is 0.740. The lowest BCUT2D eigenvalue weighted by atomic mass is 10.2. The van der Waals surface area contributed by atoms with Gasteiger partial charge in [-0.1, -0.05) is 0 Å². The normalized spacial score (nSPS) is 13.4. The molecule has 1 atom stereocenters. The standard InChI is InChI=1S/C5H11NO/c1-5(6)3-2-4-7/h4-5H,2-3,6H2,1H3. The molecule has 2 nitrogen and oxygen atoms in total. The molecule has 0 aliphatic heterocycles. The topological polar surface area (TPSA) is 43.1 Å². The molecule has 42 valence electrons. The zero-order valence-corrected chi connectivity index (χ0v) is 4.55. The predicted octanol–water partition coefficient (Wildman–Crippen LogP) is 0.313. The number of nitrogens with two attached hydrogens (primary N) is 1. The van der Waals surface area contributed by atoms with Gasteiger partial charge in [-0.2, -0.15) is 0 Å². The van der Waals surface area contributed by atoms with Crippen LogP contribution in [0.3, 0.4) is 0 Å². The molecule has 0 saturated heterocycles. The fraction of sp³-hybridized carbons (Fsp3) is 0.800. The second-order valence-corrected chi connectivity index (χ2v) is 1.72. The first-order chi connectivity index (χ1) is 3.27. The molecule has 2 N–H and O–H groups in total. The van der Waals surface area contributed by atoms with Crippen LogP contribution in [0, 0.1) is 0 Å². The van der Waals surface area contributed by atoms with Gasteiger partial charge in [0.05, 0.1) is 0 Å². The molecular formula is C5H11NO. The van der Waals surface area contributed by atoms with Crippen molar-refractivity contribution >= 4 is 6.29 Å². The van der Waals surface area contributed by atoms with Crippen LogP contribution in [0.2, 0.25) is 0 Å². The minimum Gasteiger partial charge on any atom is -0.328 e. The van der Waals surface area contributed by atoms with E-state index in [9.17, 15) is 4.79 Å². The van der Waals surface area contributed by atoms with Gasteiger partial charge in [0.15, 0.2) is 0 Å². The molecule has 0 radical (unpaired) electrons. The Kier molecular flexibility index (Phi) is 3.61. The van der Waals surface area contributed by atoms with Gasteiger partial charge < -0.3 is 10.5 Å². The summed E-state index contributed by atoms with van der Waals surface area (Å²) in [5.74, 6) is 0. The maximum absolute atomic E-state index is 9.65. The zero-order valence-electron chi connectivity index (χ0n) is 4.55. The first kappa shape index (κ1) is 6.63. The van der Waals surface area contributed by atoms with E-state index < -0.39 is 0 Å². The van der Waals surface area contributed by atoms with Crippen molar-refractivity contribution in [1.82, 2.24) is 0 Å². The summed E-state index contributed by atoms with van der Waals surface area (Å²) in [4.78, 5) is 9.65. The van der Waals surface area contributed by atoms with E-state index >= 15 is 0 Å². The fourth-order valence-corrected chi connectivity index (χ4v) is 0.331. The van der Waals surface area contributed by atoms with Gasteiger partial charge in [0.1, 0.15) is 6.29 Å². The molecular weight excluding hydrogens is 90.1 g/mol. The van der Waals surface area contributed by atoms with Gasteiger partial charge in [-0.05, 0) is 13.3 Å². The van der Waals surface area contributed by atoms with Crippen LogP contribution in [0.1, 0.15) is 19.8 Å². The molecule has 0 aliphatic rings. The maximum Gasteiger partial charge on any atom is 0.120 e. The average Bonchev–Trinajstić information content (AvgIpc) is 1.61. The van der Waals surface area contributed by atoms with E-state index in [-0.39, 0.29) is 6.04 Å². The number of carbonyl (C=O) groups is 1. The molecule has 0 heterocycles. The summed E-state index contributed by atoms with van der Waals surface area (Å²) in [6.07, 6.45) is 2.30. The molecule has 2 heteroatoms.